The molecule has 0 saturated carbocycles. The van der Waals surface area contributed by atoms with Gasteiger partial charge in [0, 0.05) is 37.0 Å². The molecule has 0 fully saturated rings. The molecule has 0 N–H and O–H groups in total. The van der Waals surface area contributed by atoms with Crippen LogP contribution in [0, 0.1) is 7.14 Å². The first kappa shape index (κ1) is 21.4. The number of aryl methyl sites for hydroxylation is 1. The van der Waals surface area contributed by atoms with Gasteiger partial charge >= 0.3 is 0 Å². The van der Waals surface area contributed by atoms with Crippen LogP contribution in [0.25, 0.3) is 11.0 Å². The quantitative estimate of drug-likeness (QED) is 0.164. The van der Waals surface area contributed by atoms with Crippen molar-refractivity contribution in [3.8, 4) is 5.75 Å². The summed E-state index contributed by atoms with van der Waals surface area (Å²) in [5.74, 6) is 1.46. The van der Waals surface area contributed by atoms with Gasteiger partial charge in [0.05, 0.1) is 12.2 Å². The highest BCUT2D eigenvalue weighted by Gasteiger charge is 2.22. The van der Waals surface area contributed by atoms with Gasteiger partial charge in [-0.15, -0.1) is 0 Å². The maximum Gasteiger partial charge on any atom is 0.197 e. The van der Waals surface area contributed by atoms with Gasteiger partial charge in [-0.25, -0.2) is 0 Å². The summed E-state index contributed by atoms with van der Waals surface area (Å²) in [4.78, 5) is 13.3. The van der Waals surface area contributed by atoms with E-state index in [0.717, 1.165) is 24.7 Å². The highest BCUT2D eigenvalue weighted by molar-refractivity contribution is 14.1. The number of hydrogen-bond acceptors (Lipinski definition) is 3. The van der Waals surface area contributed by atoms with Crippen LogP contribution in [-0.2, 0) is 12.8 Å². The molecule has 0 aliphatic heterocycles. The third kappa shape index (κ3) is 4.72. The topological polar surface area (TPSA) is 39.4 Å². The number of benzene rings is 3. The number of carbonyl (C=O) groups is 1. The van der Waals surface area contributed by atoms with Crippen LogP contribution in [0.5, 0.6) is 5.75 Å². The van der Waals surface area contributed by atoms with Crippen LogP contribution in [0.15, 0.2) is 71.1 Å². The van der Waals surface area contributed by atoms with Gasteiger partial charge in [0.2, 0.25) is 0 Å². The molecule has 1 heterocycles. The van der Waals surface area contributed by atoms with Crippen LogP contribution in [0.4, 0.5) is 0 Å². The molecular weight excluding hydrogens is 602 g/mol. The molecular formula is C25H20I2O3. The number of halogens is 2. The second-order valence-electron chi connectivity index (χ2n) is 6.98. The van der Waals surface area contributed by atoms with E-state index < -0.39 is 0 Å². The van der Waals surface area contributed by atoms with Crippen LogP contribution in [0.2, 0.25) is 0 Å². The Labute approximate surface area is 203 Å². The molecule has 4 aromatic rings. The van der Waals surface area contributed by atoms with Crippen molar-refractivity contribution < 1.29 is 13.9 Å². The predicted octanol–water partition coefficient (Wildman–Crippen LogP) is 7.06. The Kier molecular flexibility index (Phi) is 6.77. The lowest BCUT2D eigenvalue weighted by atomic mass is 9.99. The first-order valence-corrected chi connectivity index (χ1v) is 11.9. The number of fused-ring (bicyclic) bond motifs is 1. The molecule has 4 rings (SSSR count). The minimum Gasteiger partial charge on any atom is -0.493 e. The summed E-state index contributed by atoms with van der Waals surface area (Å²) >= 11 is 4.49. The smallest absolute Gasteiger partial charge is 0.197 e. The Balaban J connectivity index is 1.60. The fourth-order valence-corrected chi connectivity index (χ4v) is 5.41. The van der Waals surface area contributed by atoms with Gasteiger partial charge in [-0.05, 0) is 81.1 Å². The molecule has 3 nitrogen and oxygen atoms in total. The lowest BCUT2D eigenvalue weighted by molar-refractivity contribution is 0.103. The molecule has 0 saturated heterocycles. The molecule has 0 radical (unpaired) electrons. The summed E-state index contributed by atoms with van der Waals surface area (Å²) in [6.07, 6.45) is 1.49. The van der Waals surface area contributed by atoms with Crippen molar-refractivity contribution in [2.24, 2.45) is 0 Å². The highest BCUT2D eigenvalue weighted by atomic mass is 127. The summed E-state index contributed by atoms with van der Waals surface area (Å²) in [5, 5.41) is 0.834. The summed E-state index contributed by atoms with van der Waals surface area (Å²) in [7, 11) is 0. The molecule has 0 amide bonds. The van der Waals surface area contributed by atoms with Crippen molar-refractivity contribution in [2.75, 3.05) is 6.61 Å². The number of carbonyl (C=O) groups excluding carboxylic acids is 1. The van der Waals surface area contributed by atoms with Crippen LogP contribution in [-0.4, -0.2) is 12.4 Å². The number of hydrogen-bond donors (Lipinski definition) is 0. The monoisotopic (exact) mass is 622 g/mol. The molecule has 1 aromatic heterocycles. The molecule has 0 atom stereocenters. The highest BCUT2D eigenvalue weighted by Crippen LogP contribution is 2.32. The van der Waals surface area contributed by atoms with Gasteiger partial charge in [0.1, 0.15) is 17.1 Å². The van der Waals surface area contributed by atoms with E-state index in [0.29, 0.717) is 35.5 Å². The second kappa shape index (κ2) is 9.51. The van der Waals surface area contributed by atoms with Crippen LogP contribution in [0.3, 0.4) is 0 Å². The summed E-state index contributed by atoms with van der Waals surface area (Å²) in [6, 6.07) is 21.9. The van der Waals surface area contributed by atoms with E-state index >= 15 is 0 Å². The van der Waals surface area contributed by atoms with Gasteiger partial charge < -0.3 is 9.15 Å². The zero-order valence-corrected chi connectivity index (χ0v) is 20.8. The van der Waals surface area contributed by atoms with E-state index in [4.69, 9.17) is 9.15 Å². The number of ketones is 1. The lowest BCUT2D eigenvalue weighted by Gasteiger charge is -2.06. The van der Waals surface area contributed by atoms with Gasteiger partial charge in [0.15, 0.2) is 5.78 Å². The standard InChI is InChI=1S/C25H20I2O3/c1-2-22-24(25(28)17-12-18(26)14-19(27)13-17)21-9-8-20(15-23(21)30-22)29-11-10-16-6-4-3-5-7-16/h3-9,12-15H,2,10-11H2,1H3. The summed E-state index contributed by atoms with van der Waals surface area (Å²) < 4.78 is 14.1. The Bertz CT molecular complexity index is 1180. The SMILES string of the molecule is CCc1oc2cc(OCCc3ccccc3)ccc2c1C(=O)c1cc(I)cc(I)c1. The summed E-state index contributed by atoms with van der Waals surface area (Å²) in [5.41, 5.74) is 3.27. The minimum absolute atomic E-state index is 0.000206. The molecule has 30 heavy (non-hydrogen) atoms. The van der Waals surface area contributed by atoms with E-state index in [1.807, 2.05) is 61.5 Å². The molecule has 0 unspecified atom stereocenters. The van der Waals surface area contributed by atoms with Crippen LogP contribution in [0.1, 0.15) is 34.2 Å². The Morgan fingerprint density at radius 3 is 2.40 bits per heavy atom. The fraction of sp³-hybridized carbons (Fsp3) is 0.160. The van der Waals surface area contributed by atoms with Crippen LogP contribution < -0.4 is 4.74 Å². The molecule has 0 spiro atoms. The molecule has 0 aliphatic carbocycles. The fourth-order valence-electron chi connectivity index (χ4n) is 3.48. The Morgan fingerprint density at radius 2 is 1.70 bits per heavy atom. The zero-order chi connectivity index (χ0) is 21.1. The third-order valence-corrected chi connectivity index (χ3v) is 6.16. The molecule has 0 aliphatic rings. The second-order valence-corrected chi connectivity index (χ2v) is 9.47. The first-order valence-electron chi connectivity index (χ1n) is 9.78. The third-order valence-electron chi connectivity index (χ3n) is 4.91. The molecule has 3 aromatic carbocycles. The zero-order valence-electron chi connectivity index (χ0n) is 16.5. The van der Waals surface area contributed by atoms with E-state index in [9.17, 15) is 4.79 Å². The normalized spacial score (nSPS) is 11.0. The maximum atomic E-state index is 13.3. The first-order chi connectivity index (χ1) is 14.5. The van der Waals surface area contributed by atoms with Gasteiger partial charge in [-0.2, -0.15) is 0 Å². The Hall–Kier alpha value is -1.87. The molecule has 0 bridgehead atoms. The van der Waals surface area contributed by atoms with Crippen LogP contribution >= 0.6 is 45.2 Å². The van der Waals surface area contributed by atoms with Gasteiger partial charge in [-0.3, -0.25) is 4.79 Å². The van der Waals surface area contributed by atoms with Crippen molar-refractivity contribution in [3.05, 3.63) is 96.3 Å². The summed E-state index contributed by atoms with van der Waals surface area (Å²) in [6.45, 7) is 2.59. The van der Waals surface area contributed by atoms with Gasteiger partial charge in [0.25, 0.3) is 0 Å². The van der Waals surface area contributed by atoms with E-state index in [1.165, 1.54) is 5.56 Å². The largest absolute Gasteiger partial charge is 0.493 e. The molecule has 5 heteroatoms. The van der Waals surface area contributed by atoms with E-state index in [-0.39, 0.29) is 5.78 Å². The number of ether oxygens (including phenoxy) is 1. The van der Waals surface area contributed by atoms with Crippen molar-refractivity contribution in [1.29, 1.82) is 0 Å². The number of furan rings is 1. The van der Waals surface area contributed by atoms with Crippen molar-refractivity contribution in [1.82, 2.24) is 0 Å². The van der Waals surface area contributed by atoms with Gasteiger partial charge in [-0.1, -0.05) is 37.3 Å². The lowest BCUT2D eigenvalue weighted by Crippen LogP contribution is -2.04. The van der Waals surface area contributed by atoms with Crippen molar-refractivity contribution in [3.63, 3.8) is 0 Å². The average molecular weight is 622 g/mol. The van der Waals surface area contributed by atoms with Crippen molar-refractivity contribution in [2.45, 2.75) is 19.8 Å². The Morgan fingerprint density at radius 1 is 0.967 bits per heavy atom. The minimum atomic E-state index is -0.000206. The predicted molar refractivity (Wildman–Crippen MR) is 137 cm³/mol. The average Bonchev–Trinajstić information content (AvgIpc) is 3.11. The maximum absolute atomic E-state index is 13.3. The van der Waals surface area contributed by atoms with E-state index in [2.05, 4.69) is 57.3 Å². The van der Waals surface area contributed by atoms with E-state index in [1.54, 1.807) is 0 Å². The van der Waals surface area contributed by atoms with Crippen molar-refractivity contribution >= 4 is 61.9 Å². The molecule has 152 valence electrons. The number of rotatable bonds is 7.